The summed E-state index contributed by atoms with van der Waals surface area (Å²) >= 11 is 2.38. The SMILES string of the molecule is CC.CC.CC.CC(C)=C(I)c1ccccc1. The fourth-order valence-corrected chi connectivity index (χ4v) is 1.23. The van der Waals surface area contributed by atoms with E-state index in [0.29, 0.717) is 0 Å². The Balaban J connectivity index is -0.000000285. The summed E-state index contributed by atoms with van der Waals surface area (Å²) in [6.07, 6.45) is 0. The highest BCUT2D eigenvalue weighted by atomic mass is 127. The normalized spacial score (nSPS) is 7.12. The van der Waals surface area contributed by atoms with Crippen LogP contribution in [0, 0.1) is 0 Å². The van der Waals surface area contributed by atoms with Crippen molar-refractivity contribution >= 4 is 26.2 Å². The van der Waals surface area contributed by atoms with Gasteiger partial charge in [0, 0.05) is 3.58 Å². The molecule has 0 bridgehead atoms. The minimum absolute atomic E-state index is 1.31. The molecule has 0 saturated carbocycles. The molecule has 1 heteroatoms. The molecule has 0 heterocycles. The molecule has 0 aromatic heterocycles. The van der Waals surface area contributed by atoms with Crippen LogP contribution >= 0.6 is 22.6 Å². The van der Waals surface area contributed by atoms with Crippen molar-refractivity contribution in [2.24, 2.45) is 0 Å². The summed E-state index contributed by atoms with van der Waals surface area (Å²) in [6.45, 7) is 16.3. The van der Waals surface area contributed by atoms with Crippen LogP contribution in [0.2, 0.25) is 0 Å². The third-order valence-corrected chi connectivity index (χ3v) is 3.17. The van der Waals surface area contributed by atoms with Crippen LogP contribution in [0.5, 0.6) is 0 Å². The third kappa shape index (κ3) is 11.9. The molecule has 0 unspecified atom stereocenters. The van der Waals surface area contributed by atoms with Crippen molar-refractivity contribution in [1.82, 2.24) is 0 Å². The Hall–Kier alpha value is -0.310. The van der Waals surface area contributed by atoms with Gasteiger partial charge in [-0.15, -0.1) is 0 Å². The molecule has 0 aliphatic carbocycles. The molecular formula is C16H29I. The molecule has 0 radical (unpaired) electrons. The number of benzene rings is 1. The van der Waals surface area contributed by atoms with E-state index in [2.05, 4.69) is 60.7 Å². The van der Waals surface area contributed by atoms with E-state index in [9.17, 15) is 0 Å². The van der Waals surface area contributed by atoms with Gasteiger partial charge >= 0.3 is 0 Å². The van der Waals surface area contributed by atoms with Gasteiger partial charge in [-0.1, -0.05) is 77.4 Å². The van der Waals surface area contributed by atoms with E-state index in [1.54, 1.807) is 0 Å². The molecule has 0 saturated heterocycles. The van der Waals surface area contributed by atoms with Crippen LogP contribution in [0.15, 0.2) is 35.9 Å². The highest BCUT2D eigenvalue weighted by Crippen LogP contribution is 2.24. The highest BCUT2D eigenvalue weighted by Gasteiger charge is 1.95. The van der Waals surface area contributed by atoms with Gasteiger partial charge in [0.25, 0.3) is 0 Å². The number of halogens is 1. The van der Waals surface area contributed by atoms with Crippen molar-refractivity contribution < 1.29 is 0 Å². The minimum atomic E-state index is 1.31. The molecule has 0 aliphatic rings. The quantitative estimate of drug-likeness (QED) is 0.482. The molecule has 1 aromatic carbocycles. The van der Waals surface area contributed by atoms with Gasteiger partial charge in [-0.05, 0) is 42.0 Å². The van der Waals surface area contributed by atoms with Gasteiger partial charge in [0.15, 0.2) is 0 Å². The first-order chi connectivity index (χ1) is 8.22. The fourth-order valence-electron chi connectivity index (χ4n) is 0.873. The summed E-state index contributed by atoms with van der Waals surface area (Å²) in [5.74, 6) is 0. The van der Waals surface area contributed by atoms with E-state index in [1.165, 1.54) is 14.7 Å². The van der Waals surface area contributed by atoms with E-state index < -0.39 is 0 Å². The lowest BCUT2D eigenvalue weighted by Gasteiger charge is -2.00. The lowest BCUT2D eigenvalue weighted by Crippen LogP contribution is -1.76. The standard InChI is InChI=1S/C10H11I.3C2H6/c1-8(2)10(11)9-6-4-3-5-7-9;3*1-2/h3-7H,1-2H3;3*1-2H3. The second-order valence-corrected chi connectivity index (χ2v) is 3.76. The van der Waals surface area contributed by atoms with Crippen molar-refractivity contribution in [1.29, 1.82) is 0 Å². The Kier molecular flexibility index (Phi) is 23.3. The predicted octanol–water partition coefficient (Wildman–Crippen LogP) is 6.95. The first kappa shape index (κ1) is 21.9. The lowest BCUT2D eigenvalue weighted by molar-refractivity contribution is 1.42. The van der Waals surface area contributed by atoms with E-state index >= 15 is 0 Å². The van der Waals surface area contributed by atoms with E-state index in [1.807, 2.05) is 47.6 Å². The number of rotatable bonds is 1. The van der Waals surface area contributed by atoms with Crippen molar-refractivity contribution in [2.75, 3.05) is 0 Å². The molecule has 0 aliphatic heterocycles. The fraction of sp³-hybridized carbons (Fsp3) is 0.500. The smallest absolute Gasteiger partial charge is 0.0189 e. The first-order valence-electron chi connectivity index (χ1n) is 6.60. The molecule has 0 amide bonds. The summed E-state index contributed by atoms with van der Waals surface area (Å²) in [7, 11) is 0. The molecule has 17 heavy (non-hydrogen) atoms. The second kappa shape index (κ2) is 18.1. The molecule has 0 nitrogen and oxygen atoms in total. The minimum Gasteiger partial charge on any atom is -0.0683 e. The maximum Gasteiger partial charge on any atom is 0.0189 e. The number of hydrogen-bond acceptors (Lipinski definition) is 0. The lowest BCUT2D eigenvalue weighted by atomic mass is 10.2. The number of hydrogen-bond donors (Lipinski definition) is 0. The van der Waals surface area contributed by atoms with Gasteiger partial charge < -0.3 is 0 Å². The molecule has 0 atom stereocenters. The largest absolute Gasteiger partial charge is 0.0683 e. The zero-order valence-corrected chi connectivity index (χ0v) is 14.9. The average Bonchev–Trinajstić information content (AvgIpc) is 2.45. The molecule has 1 aromatic rings. The summed E-state index contributed by atoms with van der Waals surface area (Å²) in [4.78, 5) is 0. The van der Waals surface area contributed by atoms with Crippen LogP contribution in [0.4, 0.5) is 0 Å². The van der Waals surface area contributed by atoms with Crippen LogP contribution < -0.4 is 0 Å². The monoisotopic (exact) mass is 348 g/mol. The molecule has 0 fully saturated rings. The van der Waals surface area contributed by atoms with Crippen molar-refractivity contribution in [3.05, 3.63) is 41.5 Å². The summed E-state index contributed by atoms with van der Waals surface area (Å²) in [6, 6.07) is 10.4. The maximum atomic E-state index is 2.38. The summed E-state index contributed by atoms with van der Waals surface area (Å²) in [5.41, 5.74) is 2.69. The van der Waals surface area contributed by atoms with E-state index in [0.717, 1.165) is 0 Å². The van der Waals surface area contributed by atoms with Gasteiger partial charge in [0.05, 0.1) is 0 Å². The van der Waals surface area contributed by atoms with E-state index in [-0.39, 0.29) is 0 Å². The van der Waals surface area contributed by atoms with Gasteiger partial charge in [-0.2, -0.15) is 0 Å². The summed E-state index contributed by atoms with van der Waals surface area (Å²) < 4.78 is 1.35. The van der Waals surface area contributed by atoms with Crippen LogP contribution in [-0.4, -0.2) is 0 Å². The molecule has 0 spiro atoms. The average molecular weight is 348 g/mol. The topological polar surface area (TPSA) is 0 Å². The highest BCUT2D eigenvalue weighted by molar-refractivity contribution is 14.1. The Bertz CT molecular complexity index is 256. The van der Waals surface area contributed by atoms with Crippen LogP contribution in [0.3, 0.4) is 0 Å². The zero-order valence-electron chi connectivity index (χ0n) is 12.8. The molecule has 1 rings (SSSR count). The molecular weight excluding hydrogens is 319 g/mol. The maximum absolute atomic E-state index is 2.38. The Morgan fingerprint density at radius 2 is 1.12 bits per heavy atom. The Morgan fingerprint density at radius 3 is 1.41 bits per heavy atom. The molecule has 0 N–H and O–H groups in total. The second-order valence-electron chi connectivity index (χ2n) is 2.68. The van der Waals surface area contributed by atoms with Gasteiger partial charge in [0.2, 0.25) is 0 Å². The van der Waals surface area contributed by atoms with Gasteiger partial charge in [-0.25, -0.2) is 0 Å². The molecule has 100 valence electrons. The van der Waals surface area contributed by atoms with Gasteiger partial charge in [0.1, 0.15) is 0 Å². The predicted molar refractivity (Wildman–Crippen MR) is 92.8 cm³/mol. The number of allylic oxidation sites excluding steroid dienone is 1. The van der Waals surface area contributed by atoms with Crippen LogP contribution in [0.25, 0.3) is 3.58 Å². The Labute approximate surface area is 123 Å². The van der Waals surface area contributed by atoms with Crippen molar-refractivity contribution in [3.8, 4) is 0 Å². The Morgan fingerprint density at radius 1 is 0.765 bits per heavy atom. The summed E-state index contributed by atoms with van der Waals surface area (Å²) in [5, 5.41) is 0. The first-order valence-corrected chi connectivity index (χ1v) is 7.68. The van der Waals surface area contributed by atoms with Crippen LogP contribution in [0.1, 0.15) is 61.0 Å². The van der Waals surface area contributed by atoms with E-state index in [4.69, 9.17) is 0 Å². The van der Waals surface area contributed by atoms with Crippen LogP contribution in [-0.2, 0) is 0 Å². The van der Waals surface area contributed by atoms with Crippen molar-refractivity contribution in [2.45, 2.75) is 55.4 Å². The third-order valence-electron chi connectivity index (χ3n) is 1.47. The van der Waals surface area contributed by atoms with Gasteiger partial charge in [-0.3, -0.25) is 0 Å². The zero-order chi connectivity index (χ0) is 14.3. The van der Waals surface area contributed by atoms with Crippen molar-refractivity contribution in [3.63, 3.8) is 0 Å².